The van der Waals surface area contributed by atoms with Gasteiger partial charge in [-0.2, -0.15) is 0 Å². The van der Waals surface area contributed by atoms with Crippen molar-refractivity contribution < 1.29 is 9.90 Å². The average Bonchev–Trinajstić information content (AvgIpc) is 2.62. The molecule has 1 aliphatic heterocycles. The van der Waals surface area contributed by atoms with E-state index in [0.717, 1.165) is 37.4 Å². The number of hydrogen-bond acceptors (Lipinski definition) is 3. The van der Waals surface area contributed by atoms with Gasteiger partial charge in [0.1, 0.15) is 0 Å². The third-order valence-corrected chi connectivity index (χ3v) is 5.00. The lowest BCUT2D eigenvalue weighted by molar-refractivity contribution is -0.136. The molecule has 1 N–H and O–H groups in total. The molecule has 1 aliphatic rings. The molecule has 1 atom stereocenters. The molecule has 0 aliphatic carbocycles. The van der Waals surface area contributed by atoms with E-state index in [0.29, 0.717) is 12.3 Å². The third kappa shape index (κ3) is 4.89. The first-order valence-electron chi connectivity index (χ1n) is 9.06. The van der Waals surface area contributed by atoms with E-state index in [1.807, 2.05) is 12.1 Å². The van der Waals surface area contributed by atoms with Crippen molar-refractivity contribution in [2.24, 2.45) is 0 Å². The van der Waals surface area contributed by atoms with Gasteiger partial charge in [-0.1, -0.05) is 30.3 Å². The summed E-state index contributed by atoms with van der Waals surface area (Å²) in [5.41, 5.74) is 4.73. The molecule has 0 amide bonds. The van der Waals surface area contributed by atoms with Crippen molar-refractivity contribution in [3.05, 3.63) is 65.0 Å². The van der Waals surface area contributed by atoms with Crippen LogP contribution in [0.15, 0.2) is 42.5 Å². The minimum absolute atomic E-state index is 0.139. The van der Waals surface area contributed by atoms with Crippen LogP contribution >= 0.6 is 0 Å². The summed E-state index contributed by atoms with van der Waals surface area (Å²) >= 11 is 0. The minimum atomic E-state index is -0.769. The van der Waals surface area contributed by atoms with Gasteiger partial charge in [-0.15, -0.1) is 0 Å². The van der Waals surface area contributed by atoms with Crippen LogP contribution in [-0.4, -0.2) is 34.0 Å². The topological polar surface area (TPSA) is 53.4 Å². The van der Waals surface area contributed by atoms with Gasteiger partial charge < -0.3 is 5.11 Å². The first-order valence-corrected chi connectivity index (χ1v) is 9.06. The maximum Gasteiger partial charge on any atom is 0.303 e. The number of rotatable bonds is 6. The first-order chi connectivity index (χ1) is 12.1. The van der Waals surface area contributed by atoms with Gasteiger partial charge in [0.15, 0.2) is 0 Å². The minimum Gasteiger partial charge on any atom is -0.481 e. The van der Waals surface area contributed by atoms with E-state index in [-0.39, 0.29) is 6.42 Å². The van der Waals surface area contributed by atoms with Gasteiger partial charge in [0.05, 0.1) is 6.42 Å². The average molecular weight is 338 g/mol. The number of nitrogens with zero attached hydrogens (tertiary/aromatic N) is 2. The van der Waals surface area contributed by atoms with Crippen molar-refractivity contribution in [2.75, 3.05) is 13.1 Å². The van der Waals surface area contributed by atoms with Crippen LogP contribution < -0.4 is 0 Å². The lowest BCUT2D eigenvalue weighted by atomic mass is 9.93. The second kappa shape index (κ2) is 8.26. The molecule has 132 valence electrons. The monoisotopic (exact) mass is 338 g/mol. The smallest absolute Gasteiger partial charge is 0.303 e. The zero-order valence-corrected chi connectivity index (χ0v) is 14.8. The van der Waals surface area contributed by atoms with Crippen LogP contribution in [0.5, 0.6) is 0 Å². The number of carboxylic acid groups (broad SMARTS) is 1. The fourth-order valence-electron chi connectivity index (χ4n) is 3.57. The van der Waals surface area contributed by atoms with Crippen molar-refractivity contribution in [3.8, 4) is 0 Å². The second-order valence-electron chi connectivity index (χ2n) is 6.95. The molecular weight excluding hydrogens is 312 g/mol. The number of carbonyl (C=O) groups is 1. The van der Waals surface area contributed by atoms with Crippen LogP contribution in [0.1, 0.15) is 47.7 Å². The summed E-state index contributed by atoms with van der Waals surface area (Å²) in [5, 5.41) is 8.86. The summed E-state index contributed by atoms with van der Waals surface area (Å²) in [6.07, 6.45) is 2.97. The summed E-state index contributed by atoms with van der Waals surface area (Å²) < 4.78 is 0. The maximum absolute atomic E-state index is 10.8. The highest BCUT2D eigenvalue weighted by atomic mass is 16.4. The van der Waals surface area contributed by atoms with Crippen LogP contribution in [0.25, 0.3) is 0 Å². The lowest BCUT2D eigenvalue weighted by Gasteiger charge is -2.33. The Hall–Kier alpha value is -2.20. The standard InChI is InChI=1S/C21H26N2O2/c1-16-6-2-3-7-17(16)14-23-13-5-8-18(15-23)20-10-4-9-19(22-20)11-12-21(24)25/h2-4,6-7,9-10,18H,5,8,11-15H2,1H3,(H,24,25)/t18-/m1/s1. The predicted molar refractivity (Wildman–Crippen MR) is 98.6 cm³/mol. The quantitative estimate of drug-likeness (QED) is 0.871. The van der Waals surface area contributed by atoms with Crippen LogP contribution in [0.3, 0.4) is 0 Å². The number of benzene rings is 1. The lowest BCUT2D eigenvalue weighted by Crippen LogP contribution is -2.34. The molecule has 0 unspecified atom stereocenters. The van der Waals surface area contributed by atoms with Crippen molar-refractivity contribution in [2.45, 2.75) is 45.1 Å². The normalized spacial score (nSPS) is 18.2. The molecule has 0 spiro atoms. The van der Waals surface area contributed by atoms with E-state index in [2.05, 4.69) is 42.2 Å². The molecule has 4 nitrogen and oxygen atoms in total. The van der Waals surface area contributed by atoms with Crippen molar-refractivity contribution in [1.29, 1.82) is 0 Å². The molecule has 0 radical (unpaired) electrons. The third-order valence-electron chi connectivity index (χ3n) is 5.00. The molecule has 1 saturated heterocycles. The highest BCUT2D eigenvalue weighted by Gasteiger charge is 2.22. The van der Waals surface area contributed by atoms with E-state index in [1.54, 1.807) is 0 Å². The van der Waals surface area contributed by atoms with E-state index in [1.165, 1.54) is 17.5 Å². The second-order valence-corrected chi connectivity index (χ2v) is 6.95. The molecule has 0 saturated carbocycles. The fourth-order valence-corrected chi connectivity index (χ4v) is 3.57. The number of likely N-dealkylation sites (tertiary alicyclic amines) is 1. The van der Waals surface area contributed by atoms with Crippen molar-refractivity contribution >= 4 is 5.97 Å². The molecule has 3 rings (SSSR count). The molecule has 2 aromatic rings. The summed E-state index contributed by atoms with van der Waals surface area (Å²) in [7, 11) is 0. The van der Waals surface area contributed by atoms with E-state index in [9.17, 15) is 4.79 Å². The number of aromatic nitrogens is 1. The molecule has 2 heterocycles. The zero-order valence-electron chi connectivity index (χ0n) is 14.8. The Bertz CT molecular complexity index is 729. The van der Waals surface area contributed by atoms with E-state index >= 15 is 0 Å². The van der Waals surface area contributed by atoms with E-state index < -0.39 is 5.97 Å². The Kier molecular flexibility index (Phi) is 5.82. The Morgan fingerprint density at radius 2 is 2.08 bits per heavy atom. The Morgan fingerprint density at radius 1 is 1.24 bits per heavy atom. The van der Waals surface area contributed by atoms with Gasteiger partial charge in [-0.25, -0.2) is 0 Å². The van der Waals surface area contributed by atoms with Gasteiger partial charge in [0.2, 0.25) is 0 Å². The summed E-state index contributed by atoms with van der Waals surface area (Å²) in [6.45, 7) is 5.30. The summed E-state index contributed by atoms with van der Waals surface area (Å²) in [5.74, 6) is -0.336. The van der Waals surface area contributed by atoms with Gasteiger partial charge >= 0.3 is 5.97 Å². The maximum atomic E-state index is 10.8. The van der Waals surface area contributed by atoms with Crippen molar-refractivity contribution in [3.63, 3.8) is 0 Å². The van der Waals surface area contributed by atoms with E-state index in [4.69, 9.17) is 10.1 Å². The zero-order chi connectivity index (χ0) is 17.6. The fraction of sp³-hybridized carbons (Fsp3) is 0.429. The number of hydrogen-bond donors (Lipinski definition) is 1. The van der Waals surface area contributed by atoms with Gasteiger partial charge in [0.25, 0.3) is 0 Å². The molecule has 1 fully saturated rings. The SMILES string of the molecule is Cc1ccccc1CN1CCC[C@@H](c2cccc(CCC(=O)O)n2)C1. The van der Waals surface area contributed by atoms with Crippen LogP contribution in [0, 0.1) is 6.92 Å². The Labute approximate surface area is 149 Å². The van der Waals surface area contributed by atoms with Crippen LogP contribution in [-0.2, 0) is 17.8 Å². The molecular formula is C21H26N2O2. The molecule has 1 aromatic carbocycles. The number of carboxylic acids is 1. The van der Waals surface area contributed by atoms with Crippen molar-refractivity contribution in [1.82, 2.24) is 9.88 Å². The largest absolute Gasteiger partial charge is 0.481 e. The van der Waals surface area contributed by atoms with Crippen LogP contribution in [0.2, 0.25) is 0 Å². The number of pyridine rings is 1. The molecule has 4 heteroatoms. The Balaban J connectivity index is 1.66. The highest BCUT2D eigenvalue weighted by Crippen LogP contribution is 2.27. The number of aliphatic carboxylic acids is 1. The number of aryl methyl sites for hydroxylation is 2. The van der Waals surface area contributed by atoms with Gasteiger partial charge in [-0.3, -0.25) is 14.7 Å². The van der Waals surface area contributed by atoms with Gasteiger partial charge in [0, 0.05) is 36.8 Å². The molecule has 25 heavy (non-hydrogen) atoms. The first kappa shape index (κ1) is 17.6. The van der Waals surface area contributed by atoms with Crippen LogP contribution in [0.4, 0.5) is 0 Å². The summed E-state index contributed by atoms with van der Waals surface area (Å²) in [6, 6.07) is 14.6. The predicted octanol–water partition coefficient (Wildman–Crippen LogP) is 3.79. The van der Waals surface area contributed by atoms with Gasteiger partial charge in [-0.05, 0) is 49.6 Å². The number of piperidine rings is 1. The molecule has 1 aromatic heterocycles. The summed E-state index contributed by atoms with van der Waals surface area (Å²) in [4.78, 5) is 18.0. The Morgan fingerprint density at radius 3 is 2.88 bits per heavy atom. The molecule has 0 bridgehead atoms. The highest BCUT2D eigenvalue weighted by molar-refractivity contribution is 5.66.